The maximum Gasteiger partial charge on any atom is 0.416 e. The molecule has 2 aromatic rings. The predicted molar refractivity (Wildman–Crippen MR) is 82.4 cm³/mol. The molecule has 2 N–H and O–H groups in total. The summed E-state index contributed by atoms with van der Waals surface area (Å²) in [5, 5.41) is 1.00. The van der Waals surface area contributed by atoms with Crippen molar-refractivity contribution in [2.45, 2.75) is 11.8 Å². The van der Waals surface area contributed by atoms with Crippen LogP contribution in [0.25, 0.3) is 0 Å². The van der Waals surface area contributed by atoms with Gasteiger partial charge >= 0.3 is 6.18 Å². The number of benzene rings is 2. The maximum absolute atomic E-state index is 12.6. The van der Waals surface area contributed by atoms with Gasteiger partial charge in [-0.25, -0.2) is 0 Å². The van der Waals surface area contributed by atoms with E-state index in [0.717, 1.165) is 17.2 Å². The molecule has 0 radical (unpaired) electrons. The van der Waals surface area contributed by atoms with Gasteiger partial charge in [0.05, 0.1) is 12.7 Å². The zero-order valence-corrected chi connectivity index (χ0v) is 13.2. The first kappa shape index (κ1) is 17.2. The Morgan fingerprint density at radius 2 is 1.76 bits per heavy atom. The second-order valence-electron chi connectivity index (χ2n) is 5.56. The number of fused-ring (bicyclic) bond motifs is 1. The molecule has 0 spiro atoms. The SMILES string of the molecule is CON1C(=O)c2ccccc2C1(N)COc1ccc(C(F)(F)F)cc1. The number of ether oxygens (including phenoxy) is 1. The van der Waals surface area contributed by atoms with Crippen LogP contribution in [-0.2, 0) is 16.7 Å². The Kier molecular flexibility index (Phi) is 4.18. The number of hydroxylamine groups is 2. The van der Waals surface area contributed by atoms with Gasteiger partial charge in [-0.3, -0.25) is 15.4 Å². The topological polar surface area (TPSA) is 64.8 Å². The molecule has 8 heteroatoms. The van der Waals surface area contributed by atoms with E-state index in [1.54, 1.807) is 24.3 Å². The van der Waals surface area contributed by atoms with Crippen molar-refractivity contribution in [3.63, 3.8) is 0 Å². The second kappa shape index (κ2) is 6.05. The summed E-state index contributed by atoms with van der Waals surface area (Å²) in [5.74, 6) is -0.206. The predicted octanol–water partition coefficient (Wildman–Crippen LogP) is 2.91. The molecule has 1 atom stereocenters. The van der Waals surface area contributed by atoms with Gasteiger partial charge in [-0.2, -0.15) is 18.2 Å². The van der Waals surface area contributed by atoms with Gasteiger partial charge in [-0.1, -0.05) is 18.2 Å². The van der Waals surface area contributed by atoms with E-state index in [2.05, 4.69) is 0 Å². The Balaban J connectivity index is 1.83. The van der Waals surface area contributed by atoms with Crippen LogP contribution in [0.2, 0.25) is 0 Å². The molecule has 0 saturated carbocycles. The summed E-state index contributed by atoms with van der Waals surface area (Å²) < 4.78 is 43.3. The average Bonchev–Trinajstić information content (AvgIpc) is 2.81. The molecular formula is C17H15F3N2O3. The number of halogens is 3. The van der Waals surface area contributed by atoms with Crippen molar-refractivity contribution in [2.75, 3.05) is 13.7 Å². The van der Waals surface area contributed by atoms with Crippen LogP contribution in [0, 0.1) is 0 Å². The van der Waals surface area contributed by atoms with Gasteiger partial charge in [0.15, 0.2) is 5.66 Å². The Labute approximate surface area is 141 Å². The fraction of sp³-hybridized carbons (Fsp3) is 0.235. The number of nitrogens with zero attached hydrogens (tertiary/aromatic N) is 1. The van der Waals surface area contributed by atoms with E-state index in [9.17, 15) is 18.0 Å². The van der Waals surface area contributed by atoms with Crippen LogP contribution in [0.15, 0.2) is 48.5 Å². The van der Waals surface area contributed by atoms with Gasteiger partial charge < -0.3 is 4.74 Å². The highest BCUT2D eigenvalue weighted by molar-refractivity contribution is 5.99. The normalized spacial score (nSPS) is 19.9. The molecule has 1 aliphatic rings. The number of carbonyl (C=O) groups is 1. The Morgan fingerprint density at radius 3 is 2.36 bits per heavy atom. The third-order valence-corrected chi connectivity index (χ3v) is 3.99. The van der Waals surface area contributed by atoms with E-state index in [4.69, 9.17) is 15.3 Å². The van der Waals surface area contributed by atoms with Gasteiger partial charge in [-0.15, -0.1) is 0 Å². The van der Waals surface area contributed by atoms with Gasteiger partial charge in [0.2, 0.25) is 0 Å². The summed E-state index contributed by atoms with van der Waals surface area (Å²) in [6.45, 7) is -0.186. The first-order valence-corrected chi connectivity index (χ1v) is 7.34. The third-order valence-electron chi connectivity index (χ3n) is 3.99. The van der Waals surface area contributed by atoms with Crippen LogP contribution >= 0.6 is 0 Å². The minimum Gasteiger partial charge on any atom is -0.489 e. The second-order valence-corrected chi connectivity index (χ2v) is 5.56. The van der Waals surface area contributed by atoms with Crippen LogP contribution in [0.1, 0.15) is 21.5 Å². The summed E-state index contributed by atoms with van der Waals surface area (Å²) in [6.07, 6.45) is -4.42. The maximum atomic E-state index is 12.6. The van der Waals surface area contributed by atoms with Crippen LogP contribution in [-0.4, -0.2) is 24.7 Å². The number of hydrogen-bond acceptors (Lipinski definition) is 4. The zero-order valence-electron chi connectivity index (χ0n) is 13.2. The molecule has 0 aliphatic carbocycles. The third kappa shape index (κ3) is 2.94. The summed E-state index contributed by atoms with van der Waals surface area (Å²) in [6, 6.07) is 11.0. The molecule has 25 heavy (non-hydrogen) atoms. The van der Waals surface area contributed by atoms with Crippen LogP contribution in [0.3, 0.4) is 0 Å². The molecule has 2 aromatic carbocycles. The molecule has 0 bridgehead atoms. The molecule has 1 amide bonds. The highest BCUT2D eigenvalue weighted by Gasteiger charge is 2.48. The van der Waals surface area contributed by atoms with Gasteiger partial charge in [0.25, 0.3) is 5.91 Å². The van der Waals surface area contributed by atoms with E-state index in [1.165, 1.54) is 19.2 Å². The Hall–Kier alpha value is -2.58. The van der Waals surface area contributed by atoms with Gasteiger partial charge in [0, 0.05) is 11.1 Å². The average molecular weight is 352 g/mol. The van der Waals surface area contributed by atoms with Crippen molar-refractivity contribution in [3.05, 3.63) is 65.2 Å². The standard InChI is InChI=1S/C17H15F3N2O3/c1-24-22-15(23)13-4-2-3-5-14(13)16(22,21)10-25-12-8-6-11(7-9-12)17(18,19)20/h2-9H,10,21H2,1H3. The first-order chi connectivity index (χ1) is 11.8. The lowest BCUT2D eigenvalue weighted by Gasteiger charge is -2.33. The Bertz CT molecular complexity index is 792. The summed E-state index contributed by atoms with van der Waals surface area (Å²) >= 11 is 0. The van der Waals surface area contributed by atoms with Crippen molar-refractivity contribution in [1.82, 2.24) is 5.06 Å². The Morgan fingerprint density at radius 1 is 1.12 bits per heavy atom. The molecule has 0 fully saturated rings. The fourth-order valence-corrected chi connectivity index (χ4v) is 2.76. The van der Waals surface area contributed by atoms with E-state index >= 15 is 0 Å². The van der Waals surface area contributed by atoms with E-state index in [-0.39, 0.29) is 12.4 Å². The summed E-state index contributed by atoms with van der Waals surface area (Å²) in [5.41, 5.74) is 5.09. The molecule has 5 nitrogen and oxygen atoms in total. The van der Waals surface area contributed by atoms with Crippen LogP contribution in [0.5, 0.6) is 5.75 Å². The largest absolute Gasteiger partial charge is 0.489 e. The van der Waals surface area contributed by atoms with E-state index in [1.807, 2.05) is 0 Å². The number of hydrogen-bond donors (Lipinski definition) is 1. The molecule has 1 heterocycles. The number of alkyl halides is 3. The molecule has 132 valence electrons. The minimum atomic E-state index is -4.42. The van der Waals surface area contributed by atoms with E-state index in [0.29, 0.717) is 11.1 Å². The zero-order chi connectivity index (χ0) is 18.2. The minimum absolute atomic E-state index is 0.186. The molecular weight excluding hydrogens is 337 g/mol. The number of rotatable bonds is 4. The van der Waals surface area contributed by atoms with Gasteiger partial charge in [-0.05, 0) is 30.3 Å². The molecule has 0 aromatic heterocycles. The monoisotopic (exact) mass is 352 g/mol. The van der Waals surface area contributed by atoms with Crippen LogP contribution in [0.4, 0.5) is 13.2 Å². The summed E-state index contributed by atoms with van der Waals surface area (Å²) in [7, 11) is 1.31. The van der Waals surface area contributed by atoms with Crippen molar-refractivity contribution in [1.29, 1.82) is 0 Å². The van der Waals surface area contributed by atoms with Crippen LogP contribution < -0.4 is 10.5 Å². The van der Waals surface area contributed by atoms with Crippen molar-refractivity contribution >= 4 is 5.91 Å². The highest BCUT2D eigenvalue weighted by Crippen LogP contribution is 2.36. The van der Waals surface area contributed by atoms with E-state index < -0.39 is 23.3 Å². The number of carbonyl (C=O) groups excluding carboxylic acids is 1. The number of nitrogens with two attached hydrogens (primary N) is 1. The quantitative estimate of drug-likeness (QED) is 0.919. The fourth-order valence-electron chi connectivity index (χ4n) is 2.76. The number of amides is 1. The lowest BCUT2D eigenvalue weighted by molar-refractivity contribution is -0.167. The molecule has 1 aliphatic heterocycles. The lowest BCUT2D eigenvalue weighted by atomic mass is 10.0. The lowest BCUT2D eigenvalue weighted by Crippen LogP contribution is -2.54. The van der Waals surface area contributed by atoms with Crippen molar-refractivity contribution in [3.8, 4) is 5.75 Å². The van der Waals surface area contributed by atoms with Crippen molar-refractivity contribution in [2.24, 2.45) is 5.73 Å². The summed E-state index contributed by atoms with van der Waals surface area (Å²) in [4.78, 5) is 17.5. The first-order valence-electron chi connectivity index (χ1n) is 7.34. The van der Waals surface area contributed by atoms with Gasteiger partial charge in [0.1, 0.15) is 12.4 Å². The van der Waals surface area contributed by atoms with Crippen molar-refractivity contribution < 1.29 is 27.5 Å². The molecule has 1 unspecified atom stereocenters. The molecule has 3 rings (SSSR count). The molecule has 0 saturated heterocycles. The smallest absolute Gasteiger partial charge is 0.416 e. The highest BCUT2D eigenvalue weighted by atomic mass is 19.4.